The van der Waals surface area contributed by atoms with Gasteiger partial charge < -0.3 is 29.0 Å². The van der Waals surface area contributed by atoms with Crippen LogP contribution in [0.3, 0.4) is 0 Å². The van der Waals surface area contributed by atoms with Crippen LogP contribution in [-0.2, 0) is 30.2 Å². The topological polar surface area (TPSA) is 141 Å². The van der Waals surface area contributed by atoms with Crippen LogP contribution in [0.4, 0.5) is 4.79 Å². The molecule has 0 aliphatic heterocycles. The molecule has 1 aromatic rings. The molecule has 1 aromatic carbocycles. The highest BCUT2D eigenvalue weighted by Gasteiger charge is 2.07. The Balaban J connectivity index is 2.02. The van der Waals surface area contributed by atoms with Crippen LogP contribution in [0.5, 0.6) is 5.75 Å². The number of hydrogen-bond donors (Lipinski definition) is 1. The fourth-order valence-electron chi connectivity index (χ4n) is 2.26. The number of rotatable bonds is 18. The fourth-order valence-corrected chi connectivity index (χ4v) is 2.26. The lowest BCUT2D eigenvalue weighted by Crippen LogP contribution is -2.30. The minimum absolute atomic E-state index is 0.0669. The van der Waals surface area contributed by atoms with Gasteiger partial charge in [0, 0.05) is 17.9 Å². The first-order chi connectivity index (χ1) is 15.2. The van der Waals surface area contributed by atoms with Crippen molar-refractivity contribution in [1.29, 1.82) is 0 Å². The Morgan fingerprint density at radius 2 is 1.58 bits per heavy atom. The molecule has 0 spiro atoms. The van der Waals surface area contributed by atoms with Crippen molar-refractivity contribution in [1.82, 2.24) is 5.32 Å². The second-order valence-electron chi connectivity index (χ2n) is 6.07. The summed E-state index contributed by atoms with van der Waals surface area (Å²) in [5.74, 6) is 0.565. The quantitative estimate of drug-likeness (QED) is 0.160. The van der Waals surface area contributed by atoms with Gasteiger partial charge in [-0.3, -0.25) is 4.79 Å². The fraction of sp³-hybridized carbons (Fsp3) is 0.600. The number of alkyl carbamates (subject to hydrolysis) is 1. The second kappa shape index (κ2) is 18.0. The van der Waals surface area contributed by atoms with Gasteiger partial charge in [-0.05, 0) is 30.2 Å². The van der Waals surface area contributed by atoms with Gasteiger partial charge in [-0.15, -0.1) is 0 Å². The molecular weight excluding hydrogens is 408 g/mol. The second-order valence-corrected chi connectivity index (χ2v) is 6.07. The van der Waals surface area contributed by atoms with Crippen molar-refractivity contribution < 1.29 is 33.3 Å². The number of nitrogens with zero attached hydrogens (tertiary/aromatic N) is 3. The highest BCUT2D eigenvalue weighted by molar-refractivity contribution is 5.85. The molecule has 0 saturated carbocycles. The predicted octanol–water partition coefficient (Wildman–Crippen LogP) is 2.28. The molecule has 1 rings (SSSR count). The molecule has 0 unspecified atom stereocenters. The van der Waals surface area contributed by atoms with Crippen LogP contribution in [0.1, 0.15) is 12.5 Å². The number of carbonyl (C=O) groups is 2. The summed E-state index contributed by atoms with van der Waals surface area (Å²) in [6, 6.07) is 7.18. The maximum Gasteiger partial charge on any atom is 0.407 e. The number of Topliss-reactive ketones (excluding diaryl/α,β-unsaturated/α-hetero) is 1. The SMILES string of the molecule is CCOC(=O)NCC(=O)Cc1ccc(OCCOCCOCCOCCN=[N+]=[N-])cc1. The van der Waals surface area contributed by atoms with Crippen LogP contribution in [0.2, 0.25) is 0 Å². The van der Waals surface area contributed by atoms with Crippen LogP contribution in [-0.4, -0.2) is 77.8 Å². The molecule has 11 nitrogen and oxygen atoms in total. The van der Waals surface area contributed by atoms with Gasteiger partial charge in [0.1, 0.15) is 12.4 Å². The Hall–Kier alpha value is -2.85. The largest absolute Gasteiger partial charge is 0.491 e. The number of nitrogens with one attached hydrogen (secondary N) is 1. The van der Waals surface area contributed by atoms with E-state index in [-0.39, 0.29) is 25.4 Å². The third-order valence-corrected chi connectivity index (χ3v) is 3.67. The van der Waals surface area contributed by atoms with Crippen molar-refractivity contribution in [3.63, 3.8) is 0 Å². The smallest absolute Gasteiger partial charge is 0.407 e. The Morgan fingerprint density at radius 1 is 0.968 bits per heavy atom. The Morgan fingerprint density at radius 3 is 2.19 bits per heavy atom. The summed E-state index contributed by atoms with van der Waals surface area (Å²) < 4.78 is 26.2. The van der Waals surface area contributed by atoms with Gasteiger partial charge in [0.2, 0.25) is 0 Å². The Labute approximate surface area is 181 Å². The van der Waals surface area contributed by atoms with E-state index in [4.69, 9.17) is 29.2 Å². The standard InChI is InChI=1S/C20H30N4O7/c1-2-30-20(26)22-16-18(25)15-17-3-5-19(6-4-17)31-14-13-29-12-11-28-10-9-27-8-7-23-24-21/h3-6H,2,7-16H2,1H3,(H,22,26). The monoisotopic (exact) mass is 438 g/mol. The number of benzene rings is 1. The summed E-state index contributed by atoms with van der Waals surface area (Å²) >= 11 is 0. The van der Waals surface area contributed by atoms with E-state index in [9.17, 15) is 9.59 Å². The van der Waals surface area contributed by atoms with E-state index in [0.29, 0.717) is 58.5 Å². The molecule has 0 bridgehead atoms. The average Bonchev–Trinajstić information content (AvgIpc) is 2.77. The number of amides is 1. The van der Waals surface area contributed by atoms with Crippen LogP contribution < -0.4 is 10.1 Å². The number of hydrogen-bond acceptors (Lipinski definition) is 8. The maximum absolute atomic E-state index is 11.9. The summed E-state index contributed by atoms with van der Waals surface area (Å²) in [4.78, 5) is 25.7. The molecule has 0 atom stereocenters. The highest BCUT2D eigenvalue weighted by atomic mass is 16.6. The molecule has 1 amide bonds. The molecule has 1 N–H and O–H groups in total. The van der Waals surface area contributed by atoms with E-state index < -0.39 is 6.09 Å². The highest BCUT2D eigenvalue weighted by Crippen LogP contribution is 2.12. The zero-order valence-electron chi connectivity index (χ0n) is 17.8. The first-order valence-electron chi connectivity index (χ1n) is 10.0. The van der Waals surface area contributed by atoms with Crippen LogP contribution in [0.25, 0.3) is 10.4 Å². The molecule has 172 valence electrons. The molecule has 0 aromatic heterocycles. The van der Waals surface area contributed by atoms with Crippen LogP contribution in [0, 0.1) is 0 Å². The molecule has 0 saturated heterocycles. The molecule has 0 aliphatic carbocycles. The lowest BCUT2D eigenvalue weighted by atomic mass is 10.1. The third kappa shape index (κ3) is 14.7. The minimum atomic E-state index is -0.596. The summed E-state index contributed by atoms with van der Waals surface area (Å²) in [7, 11) is 0. The number of carbonyl (C=O) groups excluding carboxylic acids is 2. The molecule has 0 aliphatic rings. The normalized spacial score (nSPS) is 10.2. The van der Waals surface area contributed by atoms with Gasteiger partial charge in [0.15, 0.2) is 5.78 Å². The molecule has 11 heteroatoms. The lowest BCUT2D eigenvalue weighted by molar-refractivity contribution is -0.117. The molecule has 0 fully saturated rings. The van der Waals surface area contributed by atoms with Crippen molar-refractivity contribution in [2.45, 2.75) is 13.3 Å². The van der Waals surface area contributed by atoms with Crippen molar-refractivity contribution in [3.05, 3.63) is 40.3 Å². The first-order valence-corrected chi connectivity index (χ1v) is 10.0. The predicted molar refractivity (Wildman–Crippen MR) is 112 cm³/mol. The zero-order valence-corrected chi connectivity index (χ0v) is 17.8. The molecule has 0 heterocycles. The van der Waals surface area contributed by atoms with E-state index in [2.05, 4.69) is 15.3 Å². The third-order valence-electron chi connectivity index (χ3n) is 3.67. The maximum atomic E-state index is 11.9. The number of ketones is 1. The van der Waals surface area contributed by atoms with E-state index in [1.54, 1.807) is 31.2 Å². The Bertz CT molecular complexity index is 679. The van der Waals surface area contributed by atoms with Crippen molar-refractivity contribution in [2.75, 3.05) is 65.9 Å². The molecule has 0 radical (unpaired) electrons. The van der Waals surface area contributed by atoms with Gasteiger partial charge >= 0.3 is 6.09 Å². The zero-order chi connectivity index (χ0) is 22.6. The van der Waals surface area contributed by atoms with Gasteiger partial charge in [-0.1, -0.05) is 17.2 Å². The van der Waals surface area contributed by atoms with E-state index >= 15 is 0 Å². The number of ether oxygens (including phenoxy) is 5. The molecule has 31 heavy (non-hydrogen) atoms. The Kier molecular flexibility index (Phi) is 15.2. The van der Waals surface area contributed by atoms with Crippen molar-refractivity contribution in [2.24, 2.45) is 5.11 Å². The summed E-state index contributed by atoms with van der Waals surface area (Å²) in [6.07, 6.45) is -0.379. The van der Waals surface area contributed by atoms with Crippen molar-refractivity contribution >= 4 is 11.9 Å². The summed E-state index contributed by atoms with van der Waals surface area (Å²) in [6.45, 7) is 5.19. The average molecular weight is 438 g/mol. The molecular formula is C20H30N4O7. The van der Waals surface area contributed by atoms with Gasteiger partial charge in [-0.2, -0.15) is 0 Å². The van der Waals surface area contributed by atoms with Crippen LogP contribution >= 0.6 is 0 Å². The van der Waals surface area contributed by atoms with Gasteiger partial charge in [0.05, 0.1) is 52.8 Å². The van der Waals surface area contributed by atoms with Crippen molar-refractivity contribution in [3.8, 4) is 5.75 Å². The number of azide groups is 1. The van der Waals surface area contributed by atoms with E-state index in [0.717, 1.165) is 5.56 Å². The van der Waals surface area contributed by atoms with Gasteiger partial charge in [0.25, 0.3) is 0 Å². The summed E-state index contributed by atoms with van der Waals surface area (Å²) in [5, 5.41) is 5.76. The summed E-state index contributed by atoms with van der Waals surface area (Å²) in [5.41, 5.74) is 8.94. The van der Waals surface area contributed by atoms with Gasteiger partial charge in [-0.25, -0.2) is 4.79 Å². The van der Waals surface area contributed by atoms with Crippen LogP contribution in [0.15, 0.2) is 29.4 Å². The van der Waals surface area contributed by atoms with E-state index in [1.807, 2.05) is 0 Å². The lowest BCUT2D eigenvalue weighted by Gasteiger charge is -2.09. The van der Waals surface area contributed by atoms with E-state index in [1.165, 1.54) is 0 Å². The minimum Gasteiger partial charge on any atom is -0.491 e. The first kappa shape index (κ1) is 26.2.